The van der Waals surface area contributed by atoms with Gasteiger partial charge >= 0.3 is 0 Å². The number of aromatic nitrogens is 1. The first-order chi connectivity index (χ1) is 16.2. The van der Waals surface area contributed by atoms with Gasteiger partial charge in [-0.2, -0.15) is 0 Å². The maximum absolute atomic E-state index is 12.7. The number of fused-ring (bicyclic) bond motifs is 3. The first kappa shape index (κ1) is 22.3. The van der Waals surface area contributed by atoms with Gasteiger partial charge < -0.3 is 25.0 Å². The van der Waals surface area contributed by atoms with Crippen LogP contribution in [0.5, 0.6) is 0 Å². The third-order valence-corrected chi connectivity index (χ3v) is 9.59. The van der Waals surface area contributed by atoms with Gasteiger partial charge in [-0.15, -0.1) is 0 Å². The normalized spacial score (nSPS) is 36.8. The molecule has 4 unspecified atom stereocenters. The lowest BCUT2D eigenvalue weighted by Gasteiger charge is -2.39. The number of piperidine rings is 1. The summed E-state index contributed by atoms with van der Waals surface area (Å²) in [7, 11) is 0. The zero-order valence-corrected chi connectivity index (χ0v) is 19.8. The third-order valence-electron chi connectivity index (χ3n) is 8.27. The minimum atomic E-state index is -0.118. The van der Waals surface area contributed by atoms with Crippen LogP contribution in [-0.4, -0.2) is 88.4 Å². The van der Waals surface area contributed by atoms with Gasteiger partial charge in [0.1, 0.15) is 5.76 Å². The number of hydrogen-bond acceptors (Lipinski definition) is 9. The molecular weight excluding hydrogens is 442 g/mol. The number of nitrogens with zero attached hydrogens (tertiary/aromatic N) is 3. The van der Waals surface area contributed by atoms with Crippen molar-refractivity contribution in [2.45, 2.75) is 68.6 Å². The van der Waals surface area contributed by atoms with Crippen molar-refractivity contribution in [1.82, 2.24) is 24.4 Å². The van der Waals surface area contributed by atoms with E-state index in [4.69, 9.17) is 14.4 Å². The summed E-state index contributed by atoms with van der Waals surface area (Å²) in [5.41, 5.74) is 0.386. The molecule has 0 spiro atoms. The molecule has 2 bridgehead atoms. The summed E-state index contributed by atoms with van der Waals surface area (Å²) in [6.45, 7) is 4.57. The molecule has 4 saturated heterocycles. The Bertz CT molecular complexity index is 823. The molecule has 1 amide bonds. The SMILES string of the molecule is O=C(NC1CC2CCC(C1)N2SN1CC2CC(NCCO)CC2C1)c1cc(C2COC2)on1. The maximum Gasteiger partial charge on any atom is 0.273 e. The number of amides is 1. The largest absolute Gasteiger partial charge is 0.395 e. The van der Waals surface area contributed by atoms with Crippen LogP contribution in [0, 0.1) is 11.8 Å². The number of nitrogens with one attached hydrogen (secondary N) is 2. The van der Waals surface area contributed by atoms with E-state index < -0.39 is 0 Å². The van der Waals surface area contributed by atoms with Gasteiger partial charge in [-0.1, -0.05) is 5.16 Å². The van der Waals surface area contributed by atoms with Gasteiger partial charge in [0.25, 0.3) is 5.91 Å². The Morgan fingerprint density at radius 1 is 1.12 bits per heavy atom. The van der Waals surface area contributed by atoms with E-state index in [0.29, 0.717) is 43.6 Å². The van der Waals surface area contributed by atoms with E-state index in [1.165, 1.54) is 38.8 Å². The van der Waals surface area contributed by atoms with Crippen molar-refractivity contribution in [2.75, 3.05) is 39.5 Å². The van der Waals surface area contributed by atoms with Crippen LogP contribution in [0.25, 0.3) is 0 Å². The van der Waals surface area contributed by atoms with Crippen molar-refractivity contribution in [3.63, 3.8) is 0 Å². The lowest BCUT2D eigenvalue weighted by atomic mass is 9.99. The molecule has 33 heavy (non-hydrogen) atoms. The summed E-state index contributed by atoms with van der Waals surface area (Å²) in [5.74, 6) is 2.43. The van der Waals surface area contributed by atoms with Crippen molar-refractivity contribution in [1.29, 1.82) is 0 Å². The molecular formula is C23H35N5O4S. The predicted octanol–water partition coefficient (Wildman–Crippen LogP) is 1.37. The average Bonchev–Trinajstić information content (AvgIpc) is 3.50. The Labute approximate surface area is 199 Å². The van der Waals surface area contributed by atoms with Crippen molar-refractivity contribution in [2.24, 2.45) is 11.8 Å². The molecule has 5 fully saturated rings. The van der Waals surface area contributed by atoms with Crippen LogP contribution in [0.15, 0.2) is 10.6 Å². The van der Waals surface area contributed by atoms with Gasteiger partial charge in [0, 0.05) is 62.0 Å². The van der Waals surface area contributed by atoms with Crippen LogP contribution < -0.4 is 10.6 Å². The summed E-state index contributed by atoms with van der Waals surface area (Å²) in [4.78, 5) is 12.7. The van der Waals surface area contributed by atoms with Crippen molar-refractivity contribution < 1.29 is 19.2 Å². The second kappa shape index (κ2) is 9.47. The first-order valence-corrected chi connectivity index (χ1v) is 13.3. The highest BCUT2D eigenvalue weighted by Crippen LogP contribution is 2.46. The molecule has 1 aliphatic carbocycles. The zero-order chi connectivity index (χ0) is 22.4. The Morgan fingerprint density at radius 2 is 1.85 bits per heavy atom. The van der Waals surface area contributed by atoms with Crippen LogP contribution in [0.3, 0.4) is 0 Å². The highest BCUT2D eigenvalue weighted by Gasteiger charge is 2.46. The standard InChI is InChI=1S/C23H35N5O4S/c29-4-3-24-17-5-14-10-27(11-15(14)6-17)33-28-19-1-2-20(28)8-18(7-19)25-23(30)21-9-22(32-26-21)16-12-31-13-16/h9,14-20,24,29H,1-8,10-13H2,(H,25,30). The van der Waals surface area contributed by atoms with Crippen molar-refractivity contribution in [3.8, 4) is 0 Å². The molecule has 0 radical (unpaired) electrons. The molecule has 10 heteroatoms. The highest BCUT2D eigenvalue weighted by atomic mass is 32.2. The monoisotopic (exact) mass is 477 g/mol. The van der Waals surface area contributed by atoms with Gasteiger partial charge in [0.05, 0.1) is 25.7 Å². The number of aliphatic hydroxyl groups excluding tert-OH is 1. The molecule has 4 atom stereocenters. The minimum Gasteiger partial charge on any atom is -0.395 e. The lowest BCUT2D eigenvalue weighted by molar-refractivity contribution is -0.00228. The van der Waals surface area contributed by atoms with E-state index >= 15 is 0 Å². The zero-order valence-electron chi connectivity index (χ0n) is 19.0. The summed E-state index contributed by atoms with van der Waals surface area (Å²) >= 11 is 1.97. The van der Waals surface area contributed by atoms with E-state index in [9.17, 15) is 4.79 Å². The van der Waals surface area contributed by atoms with Crippen molar-refractivity contribution >= 4 is 18.0 Å². The molecule has 1 saturated carbocycles. The number of ether oxygens (including phenoxy) is 1. The number of carbonyl (C=O) groups excluding carboxylic acids is 1. The van der Waals surface area contributed by atoms with E-state index in [-0.39, 0.29) is 24.5 Å². The Hall–Kier alpha value is -1.17. The molecule has 5 aliphatic rings. The maximum atomic E-state index is 12.7. The Morgan fingerprint density at radius 3 is 2.48 bits per heavy atom. The fraction of sp³-hybridized carbons (Fsp3) is 0.826. The summed E-state index contributed by atoms with van der Waals surface area (Å²) in [6.07, 6.45) is 6.91. The second-order valence-electron chi connectivity index (χ2n) is 10.5. The second-order valence-corrected chi connectivity index (χ2v) is 11.6. The Kier molecular flexibility index (Phi) is 6.40. The topological polar surface area (TPSA) is 103 Å². The first-order valence-electron chi connectivity index (χ1n) is 12.6. The quantitative estimate of drug-likeness (QED) is 0.479. The number of hydrogen-bond donors (Lipinski definition) is 3. The molecule has 6 rings (SSSR count). The van der Waals surface area contributed by atoms with Crippen LogP contribution >= 0.6 is 12.1 Å². The van der Waals surface area contributed by atoms with E-state index in [1.54, 1.807) is 6.07 Å². The van der Waals surface area contributed by atoms with Gasteiger partial charge in [0.2, 0.25) is 0 Å². The van der Waals surface area contributed by atoms with Crippen molar-refractivity contribution in [3.05, 3.63) is 17.5 Å². The average molecular weight is 478 g/mol. The number of rotatable bonds is 8. The van der Waals surface area contributed by atoms with Gasteiger partial charge in [-0.05, 0) is 50.4 Å². The van der Waals surface area contributed by atoms with E-state index in [2.05, 4.69) is 24.4 Å². The van der Waals surface area contributed by atoms with Gasteiger partial charge in [-0.3, -0.25) is 4.79 Å². The molecule has 0 aromatic carbocycles. The highest BCUT2D eigenvalue weighted by molar-refractivity contribution is 7.94. The van der Waals surface area contributed by atoms with E-state index in [0.717, 1.165) is 30.4 Å². The van der Waals surface area contributed by atoms with Crippen LogP contribution in [0.1, 0.15) is 60.7 Å². The molecule has 5 heterocycles. The smallest absolute Gasteiger partial charge is 0.273 e. The summed E-state index contributed by atoms with van der Waals surface area (Å²) < 4.78 is 15.8. The Balaban J connectivity index is 0.984. The number of aliphatic hydroxyl groups is 1. The molecule has 9 nitrogen and oxygen atoms in total. The molecule has 1 aromatic heterocycles. The summed E-state index contributed by atoms with van der Waals surface area (Å²) in [6, 6.07) is 3.61. The minimum absolute atomic E-state index is 0.118. The fourth-order valence-electron chi connectivity index (χ4n) is 6.53. The third kappa shape index (κ3) is 4.58. The molecule has 3 N–H and O–H groups in total. The van der Waals surface area contributed by atoms with Crippen LogP contribution in [0.2, 0.25) is 0 Å². The fourth-order valence-corrected chi connectivity index (χ4v) is 7.96. The molecule has 1 aromatic rings. The van der Waals surface area contributed by atoms with E-state index in [1.807, 2.05) is 12.1 Å². The molecule has 4 aliphatic heterocycles. The van der Waals surface area contributed by atoms with Gasteiger partial charge in [0.15, 0.2) is 5.69 Å². The van der Waals surface area contributed by atoms with Crippen LogP contribution in [-0.2, 0) is 4.74 Å². The molecule has 182 valence electrons. The van der Waals surface area contributed by atoms with Gasteiger partial charge in [-0.25, -0.2) is 8.61 Å². The summed E-state index contributed by atoms with van der Waals surface area (Å²) in [5, 5.41) is 19.8. The van der Waals surface area contributed by atoms with Crippen LogP contribution in [0.4, 0.5) is 0 Å². The number of carbonyl (C=O) groups is 1. The predicted molar refractivity (Wildman–Crippen MR) is 123 cm³/mol. The lowest BCUT2D eigenvalue weighted by Crippen LogP contribution is -2.48.